The molecule has 0 spiro atoms. The number of aryl methyl sites for hydroxylation is 1. The van der Waals surface area contributed by atoms with Crippen molar-refractivity contribution in [3.05, 3.63) is 35.9 Å². The quantitative estimate of drug-likeness (QED) is 0.757. The van der Waals surface area contributed by atoms with Crippen molar-refractivity contribution in [1.29, 1.82) is 0 Å². The molecule has 0 bridgehead atoms. The van der Waals surface area contributed by atoms with Gasteiger partial charge >= 0.3 is 0 Å². The van der Waals surface area contributed by atoms with Crippen molar-refractivity contribution in [1.82, 2.24) is 5.32 Å². The Morgan fingerprint density at radius 1 is 1.16 bits per heavy atom. The minimum Gasteiger partial charge on any atom is -0.317 e. The third-order valence-corrected chi connectivity index (χ3v) is 5.27. The average molecular weight is 283 g/mol. The van der Waals surface area contributed by atoms with Crippen LogP contribution in [0.5, 0.6) is 0 Å². The molecule has 0 heterocycles. The van der Waals surface area contributed by atoms with Gasteiger partial charge in [-0.1, -0.05) is 37.3 Å². The number of benzene rings is 1. The van der Waals surface area contributed by atoms with Gasteiger partial charge in [-0.15, -0.1) is 0 Å². The zero-order valence-corrected chi connectivity index (χ0v) is 12.7. The smallest absolute Gasteiger partial charge is 0.150 e. The summed E-state index contributed by atoms with van der Waals surface area (Å²) in [6.45, 7) is 1.71. The van der Waals surface area contributed by atoms with Gasteiger partial charge in [0.2, 0.25) is 0 Å². The van der Waals surface area contributed by atoms with Gasteiger partial charge in [0.25, 0.3) is 0 Å². The first-order valence-electron chi connectivity index (χ1n) is 6.99. The first-order chi connectivity index (χ1) is 9.07. The zero-order chi connectivity index (χ0) is 14.1. The molecule has 108 valence electrons. The van der Waals surface area contributed by atoms with E-state index in [2.05, 4.69) is 29.6 Å². The lowest BCUT2D eigenvalue weighted by molar-refractivity contribution is 0.482. The second-order valence-electron chi connectivity index (χ2n) is 4.89. The van der Waals surface area contributed by atoms with E-state index in [9.17, 15) is 8.42 Å². The summed E-state index contributed by atoms with van der Waals surface area (Å²) in [5.41, 5.74) is 1.34. The number of sulfone groups is 1. The van der Waals surface area contributed by atoms with Crippen molar-refractivity contribution in [3.63, 3.8) is 0 Å². The Morgan fingerprint density at radius 3 is 2.42 bits per heavy atom. The standard InChI is InChI=1S/C15H25NO2S/c1-3-19(17,18)13-7-10-15(16-2)12-11-14-8-5-4-6-9-14/h4-6,8-9,15-16H,3,7,10-13H2,1-2H3. The summed E-state index contributed by atoms with van der Waals surface area (Å²) >= 11 is 0. The van der Waals surface area contributed by atoms with Crippen molar-refractivity contribution < 1.29 is 8.42 Å². The summed E-state index contributed by atoms with van der Waals surface area (Å²) < 4.78 is 22.9. The minimum atomic E-state index is -2.82. The van der Waals surface area contributed by atoms with Gasteiger partial charge in [-0.2, -0.15) is 0 Å². The highest BCUT2D eigenvalue weighted by Gasteiger charge is 2.10. The average Bonchev–Trinajstić information content (AvgIpc) is 2.43. The van der Waals surface area contributed by atoms with Gasteiger partial charge in [-0.25, -0.2) is 8.42 Å². The molecule has 3 nitrogen and oxygen atoms in total. The van der Waals surface area contributed by atoms with E-state index in [0.29, 0.717) is 11.8 Å². The maximum absolute atomic E-state index is 11.4. The Labute approximate surface area is 117 Å². The van der Waals surface area contributed by atoms with Gasteiger partial charge in [0.05, 0.1) is 5.75 Å². The SMILES string of the molecule is CCS(=O)(=O)CCCC(CCc1ccccc1)NC. The fraction of sp³-hybridized carbons (Fsp3) is 0.600. The van der Waals surface area contributed by atoms with Crippen molar-refractivity contribution in [2.75, 3.05) is 18.6 Å². The molecule has 0 saturated carbocycles. The predicted octanol–water partition coefficient (Wildman–Crippen LogP) is 2.42. The Bertz CT molecular complexity index is 442. The van der Waals surface area contributed by atoms with Gasteiger partial charge in [0.15, 0.2) is 0 Å². The fourth-order valence-electron chi connectivity index (χ4n) is 2.11. The molecule has 0 saturated heterocycles. The zero-order valence-electron chi connectivity index (χ0n) is 11.9. The van der Waals surface area contributed by atoms with Gasteiger partial charge in [0, 0.05) is 11.8 Å². The van der Waals surface area contributed by atoms with Crippen molar-refractivity contribution in [2.45, 2.75) is 38.6 Å². The number of hydrogen-bond donors (Lipinski definition) is 1. The van der Waals surface area contributed by atoms with Gasteiger partial charge in [-0.05, 0) is 38.3 Å². The number of nitrogens with one attached hydrogen (secondary N) is 1. The van der Waals surface area contributed by atoms with Crippen LogP contribution in [0.15, 0.2) is 30.3 Å². The lowest BCUT2D eigenvalue weighted by Crippen LogP contribution is -2.26. The van der Waals surface area contributed by atoms with Gasteiger partial charge in [0.1, 0.15) is 9.84 Å². The van der Waals surface area contributed by atoms with Gasteiger partial charge < -0.3 is 5.32 Å². The molecule has 0 radical (unpaired) electrons. The summed E-state index contributed by atoms with van der Waals surface area (Å²) in [6.07, 6.45) is 3.75. The van der Waals surface area contributed by atoms with E-state index in [1.165, 1.54) is 5.56 Å². The lowest BCUT2D eigenvalue weighted by Gasteiger charge is -2.16. The largest absolute Gasteiger partial charge is 0.317 e. The molecule has 19 heavy (non-hydrogen) atoms. The van der Waals surface area contributed by atoms with E-state index < -0.39 is 9.84 Å². The van der Waals surface area contributed by atoms with E-state index >= 15 is 0 Å². The monoisotopic (exact) mass is 283 g/mol. The van der Waals surface area contributed by atoms with Gasteiger partial charge in [-0.3, -0.25) is 0 Å². The Kier molecular flexibility index (Phi) is 7.10. The predicted molar refractivity (Wildman–Crippen MR) is 81.2 cm³/mol. The second-order valence-corrected chi connectivity index (χ2v) is 7.36. The molecule has 1 aromatic carbocycles. The van der Waals surface area contributed by atoms with Crippen LogP contribution in [0.3, 0.4) is 0 Å². The van der Waals surface area contributed by atoms with Crippen LogP contribution in [0.25, 0.3) is 0 Å². The molecular formula is C15H25NO2S. The highest BCUT2D eigenvalue weighted by atomic mass is 32.2. The molecule has 0 aliphatic rings. The fourth-order valence-corrected chi connectivity index (χ4v) is 3.01. The minimum absolute atomic E-state index is 0.251. The van der Waals surface area contributed by atoms with E-state index in [4.69, 9.17) is 0 Å². The molecule has 1 rings (SSSR count). The van der Waals surface area contributed by atoms with Crippen molar-refractivity contribution in [2.24, 2.45) is 0 Å². The van der Waals surface area contributed by atoms with Crippen LogP contribution in [-0.4, -0.2) is 33.0 Å². The molecule has 0 aliphatic heterocycles. The molecule has 1 atom stereocenters. The Hall–Kier alpha value is -0.870. The second kappa shape index (κ2) is 8.33. The third-order valence-electron chi connectivity index (χ3n) is 3.48. The normalized spacial score (nSPS) is 13.4. The summed E-state index contributed by atoms with van der Waals surface area (Å²) in [7, 11) is -0.870. The highest BCUT2D eigenvalue weighted by molar-refractivity contribution is 7.91. The first kappa shape index (κ1) is 16.2. The molecule has 1 aromatic rings. The molecule has 4 heteroatoms. The van der Waals surface area contributed by atoms with Crippen LogP contribution in [0.4, 0.5) is 0 Å². The molecular weight excluding hydrogens is 258 g/mol. The summed E-state index contributed by atoms with van der Waals surface area (Å²) in [5, 5.41) is 3.28. The molecule has 0 fully saturated rings. The summed E-state index contributed by atoms with van der Waals surface area (Å²) in [6, 6.07) is 10.8. The molecule has 1 N–H and O–H groups in total. The van der Waals surface area contributed by atoms with Crippen LogP contribution in [-0.2, 0) is 16.3 Å². The topological polar surface area (TPSA) is 46.2 Å². The van der Waals surface area contributed by atoms with Crippen LogP contribution < -0.4 is 5.32 Å². The first-order valence-corrected chi connectivity index (χ1v) is 8.81. The molecule has 0 amide bonds. The van der Waals surface area contributed by atoms with Crippen LogP contribution >= 0.6 is 0 Å². The van der Waals surface area contributed by atoms with E-state index in [1.54, 1.807) is 6.92 Å². The maximum Gasteiger partial charge on any atom is 0.150 e. The van der Waals surface area contributed by atoms with E-state index in [1.807, 2.05) is 13.1 Å². The van der Waals surface area contributed by atoms with E-state index in [0.717, 1.165) is 25.7 Å². The third kappa shape index (κ3) is 6.73. The number of hydrogen-bond acceptors (Lipinski definition) is 3. The molecule has 0 aromatic heterocycles. The Morgan fingerprint density at radius 2 is 1.84 bits per heavy atom. The maximum atomic E-state index is 11.4. The number of rotatable bonds is 9. The van der Waals surface area contributed by atoms with Crippen LogP contribution in [0.1, 0.15) is 31.7 Å². The van der Waals surface area contributed by atoms with E-state index in [-0.39, 0.29) is 5.75 Å². The highest BCUT2D eigenvalue weighted by Crippen LogP contribution is 2.09. The van der Waals surface area contributed by atoms with Crippen molar-refractivity contribution >= 4 is 9.84 Å². The van der Waals surface area contributed by atoms with Crippen LogP contribution in [0.2, 0.25) is 0 Å². The summed E-state index contributed by atoms with van der Waals surface area (Å²) in [5.74, 6) is 0.564. The lowest BCUT2D eigenvalue weighted by atomic mass is 10.0. The summed E-state index contributed by atoms with van der Waals surface area (Å²) in [4.78, 5) is 0. The molecule has 0 aliphatic carbocycles. The Balaban J connectivity index is 2.30. The van der Waals surface area contributed by atoms with Crippen LogP contribution in [0, 0.1) is 0 Å². The molecule has 1 unspecified atom stereocenters. The van der Waals surface area contributed by atoms with Crippen molar-refractivity contribution in [3.8, 4) is 0 Å².